The van der Waals surface area contributed by atoms with Gasteiger partial charge in [-0.25, -0.2) is 14.2 Å². The molecule has 1 aromatic heterocycles. The predicted molar refractivity (Wildman–Crippen MR) is 89.3 cm³/mol. The quantitative estimate of drug-likeness (QED) is 0.644. The Labute approximate surface area is 147 Å². The molecule has 24 heavy (non-hydrogen) atoms. The fourth-order valence-corrected chi connectivity index (χ4v) is 2.06. The Morgan fingerprint density at radius 3 is 2.79 bits per heavy atom. The summed E-state index contributed by atoms with van der Waals surface area (Å²) >= 11 is 11.5. The first kappa shape index (κ1) is 17.9. The van der Waals surface area contributed by atoms with E-state index in [1.54, 1.807) is 6.07 Å². The highest BCUT2D eigenvalue weighted by Gasteiger charge is 2.09. The average Bonchev–Trinajstić information content (AvgIpc) is 2.54. The van der Waals surface area contributed by atoms with E-state index in [1.807, 2.05) is 0 Å². The van der Waals surface area contributed by atoms with Gasteiger partial charge in [0.15, 0.2) is 12.4 Å². The number of aromatic nitrogens is 1. The first-order valence-corrected chi connectivity index (χ1v) is 7.41. The van der Waals surface area contributed by atoms with Crippen LogP contribution >= 0.6 is 23.2 Å². The zero-order chi connectivity index (χ0) is 17.5. The van der Waals surface area contributed by atoms with E-state index in [2.05, 4.69) is 10.3 Å². The SMILES string of the molecule is O=C(COC(=O)/C=C/c1cccc(F)c1)Nc1ncc(Cl)cc1Cl. The first-order valence-electron chi connectivity index (χ1n) is 6.65. The molecule has 0 aliphatic heterocycles. The van der Waals surface area contributed by atoms with E-state index in [0.717, 1.165) is 6.08 Å². The highest BCUT2D eigenvalue weighted by Crippen LogP contribution is 2.22. The van der Waals surface area contributed by atoms with E-state index in [4.69, 9.17) is 27.9 Å². The fraction of sp³-hybridized carbons (Fsp3) is 0.0625. The van der Waals surface area contributed by atoms with Crippen molar-refractivity contribution < 1.29 is 18.7 Å². The zero-order valence-electron chi connectivity index (χ0n) is 12.1. The summed E-state index contributed by atoms with van der Waals surface area (Å²) in [6, 6.07) is 7.09. The first-order chi connectivity index (χ1) is 11.4. The number of esters is 1. The molecule has 0 radical (unpaired) electrons. The molecule has 5 nitrogen and oxygen atoms in total. The van der Waals surface area contributed by atoms with Crippen molar-refractivity contribution in [1.82, 2.24) is 4.98 Å². The largest absolute Gasteiger partial charge is 0.452 e. The lowest BCUT2D eigenvalue weighted by Crippen LogP contribution is -2.20. The second kappa shape index (κ2) is 8.42. The van der Waals surface area contributed by atoms with E-state index >= 15 is 0 Å². The third-order valence-electron chi connectivity index (χ3n) is 2.67. The maximum absolute atomic E-state index is 13.0. The number of pyridine rings is 1. The van der Waals surface area contributed by atoms with Crippen molar-refractivity contribution in [3.8, 4) is 0 Å². The number of carbonyl (C=O) groups is 2. The maximum Gasteiger partial charge on any atom is 0.331 e. The topological polar surface area (TPSA) is 68.3 Å². The van der Waals surface area contributed by atoms with Crippen LogP contribution in [0.15, 0.2) is 42.6 Å². The van der Waals surface area contributed by atoms with Gasteiger partial charge in [-0.15, -0.1) is 0 Å². The molecule has 0 bridgehead atoms. The van der Waals surface area contributed by atoms with Crippen LogP contribution in [0.5, 0.6) is 0 Å². The van der Waals surface area contributed by atoms with Gasteiger partial charge in [-0.05, 0) is 29.8 Å². The van der Waals surface area contributed by atoms with Gasteiger partial charge in [0.1, 0.15) is 5.82 Å². The minimum atomic E-state index is -0.746. The number of hydrogen-bond acceptors (Lipinski definition) is 4. The van der Waals surface area contributed by atoms with E-state index in [1.165, 1.54) is 36.5 Å². The van der Waals surface area contributed by atoms with Crippen molar-refractivity contribution in [2.45, 2.75) is 0 Å². The highest BCUT2D eigenvalue weighted by atomic mass is 35.5. The Bertz CT molecular complexity index is 797. The smallest absolute Gasteiger partial charge is 0.331 e. The molecule has 1 aromatic carbocycles. The monoisotopic (exact) mass is 368 g/mol. The number of carbonyl (C=O) groups excluding carboxylic acids is 2. The maximum atomic E-state index is 13.0. The fourth-order valence-electron chi connectivity index (χ4n) is 1.63. The van der Waals surface area contributed by atoms with Crippen molar-refractivity contribution >= 4 is 47.0 Å². The van der Waals surface area contributed by atoms with Crippen LogP contribution in [0.2, 0.25) is 10.0 Å². The van der Waals surface area contributed by atoms with Crippen LogP contribution in [-0.2, 0) is 14.3 Å². The minimum absolute atomic E-state index is 0.109. The molecular formula is C16H11Cl2FN2O3. The second-order valence-electron chi connectivity index (χ2n) is 4.53. The van der Waals surface area contributed by atoms with Crippen molar-refractivity contribution in [1.29, 1.82) is 0 Å². The van der Waals surface area contributed by atoms with Crippen LogP contribution in [0.3, 0.4) is 0 Å². The van der Waals surface area contributed by atoms with Gasteiger partial charge in [0.2, 0.25) is 0 Å². The second-order valence-corrected chi connectivity index (χ2v) is 5.37. The van der Waals surface area contributed by atoms with Crippen LogP contribution < -0.4 is 5.32 Å². The van der Waals surface area contributed by atoms with E-state index < -0.39 is 24.3 Å². The molecule has 0 spiro atoms. The van der Waals surface area contributed by atoms with Crippen LogP contribution in [0.4, 0.5) is 10.2 Å². The molecule has 124 valence electrons. The molecule has 1 heterocycles. The Balaban J connectivity index is 1.83. The number of anilines is 1. The van der Waals surface area contributed by atoms with Crippen molar-refractivity contribution in [3.05, 3.63) is 64.0 Å². The Hall–Kier alpha value is -2.44. The number of rotatable bonds is 5. The van der Waals surface area contributed by atoms with Gasteiger partial charge in [-0.1, -0.05) is 35.3 Å². The lowest BCUT2D eigenvalue weighted by atomic mass is 10.2. The van der Waals surface area contributed by atoms with Crippen LogP contribution in [-0.4, -0.2) is 23.5 Å². The minimum Gasteiger partial charge on any atom is -0.452 e. The van der Waals surface area contributed by atoms with Gasteiger partial charge >= 0.3 is 5.97 Å². The molecule has 0 unspecified atom stereocenters. The Morgan fingerprint density at radius 1 is 1.29 bits per heavy atom. The summed E-state index contributed by atoms with van der Waals surface area (Å²) in [5.41, 5.74) is 0.494. The van der Waals surface area contributed by atoms with Gasteiger partial charge in [-0.3, -0.25) is 4.79 Å². The number of ether oxygens (including phenoxy) is 1. The molecule has 0 saturated carbocycles. The lowest BCUT2D eigenvalue weighted by Gasteiger charge is -2.06. The molecule has 1 N–H and O–H groups in total. The lowest BCUT2D eigenvalue weighted by molar-refractivity contribution is -0.142. The third kappa shape index (κ3) is 5.64. The molecule has 2 rings (SSSR count). The summed E-state index contributed by atoms with van der Waals surface area (Å²) < 4.78 is 17.7. The van der Waals surface area contributed by atoms with Crippen molar-refractivity contribution in [2.24, 2.45) is 0 Å². The van der Waals surface area contributed by atoms with Crippen LogP contribution in [0, 0.1) is 5.82 Å². The molecular weight excluding hydrogens is 358 g/mol. The van der Waals surface area contributed by atoms with Gasteiger partial charge in [0.25, 0.3) is 5.91 Å². The van der Waals surface area contributed by atoms with Gasteiger partial charge in [-0.2, -0.15) is 0 Å². The summed E-state index contributed by atoms with van der Waals surface area (Å²) in [5.74, 6) is -1.67. The zero-order valence-corrected chi connectivity index (χ0v) is 13.6. The van der Waals surface area contributed by atoms with E-state index in [-0.39, 0.29) is 10.8 Å². The number of halogens is 3. The molecule has 0 saturated heterocycles. The van der Waals surface area contributed by atoms with E-state index in [0.29, 0.717) is 10.6 Å². The molecule has 0 fully saturated rings. The summed E-state index contributed by atoms with van der Waals surface area (Å²) in [6.45, 7) is -0.521. The molecule has 0 aliphatic rings. The van der Waals surface area contributed by atoms with Crippen LogP contribution in [0.1, 0.15) is 5.56 Å². The number of benzene rings is 1. The van der Waals surface area contributed by atoms with Crippen molar-refractivity contribution in [2.75, 3.05) is 11.9 Å². The molecule has 1 amide bonds. The number of nitrogens with zero attached hydrogens (tertiary/aromatic N) is 1. The summed E-state index contributed by atoms with van der Waals surface area (Å²) in [4.78, 5) is 27.1. The van der Waals surface area contributed by atoms with Crippen LogP contribution in [0.25, 0.3) is 6.08 Å². The number of hydrogen-bond donors (Lipinski definition) is 1. The van der Waals surface area contributed by atoms with Gasteiger partial charge in [0.05, 0.1) is 10.0 Å². The summed E-state index contributed by atoms with van der Waals surface area (Å²) in [7, 11) is 0. The normalized spacial score (nSPS) is 10.6. The summed E-state index contributed by atoms with van der Waals surface area (Å²) in [5, 5.41) is 2.87. The van der Waals surface area contributed by atoms with Gasteiger partial charge < -0.3 is 10.1 Å². The molecule has 0 aliphatic carbocycles. The third-order valence-corrected chi connectivity index (χ3v) is 3.17. The molecule has 8 heteroatoms. The average molecular weight is 369 g/mol. The van der Waals surface area contributed by atoms with E-state index in [9.17, 15) is 14.0 Å². The molecule has 2 aromatic rings. The number of amides is 1. The number of nitrogens with one attached hydrogen (secondary N) is 1. The highest BCUT2D eigenvalue weighted by molar-refractivity contribution is 6.36. The Morgan fingerprint density at radius 2 is 2.08 bits per heavy atom. The Kier molecular flexibility index (Phi) is 6.28. The molecule has 0 atom stereocenters. The summed E-state index contributed by atoms with van der Waals surface area (Å²) in [6.07, 6.45) is 3.79. The predicted octanol–water partition coefficient (Wildman–Crippen LogP) is 3.72. The standard InChI is InChI=1S/C16H11Cl2FN2O3/c17-11-7-13(18)16(20-8-11)21-14(22)9-24-15(23)5-4-10-2-1-3-12(19)6-10/h1-8H,9H2,(H,20,21,22)/b5-4+. The van der Waals surface area contributed by atoms with Crippen molar-refractivity contribution in [3.63, 3.8) is 0 Å². The van der Waals surface area contributed by atoms with Gasteiger partial charge in [0, 0.05) is 12.3 Å².